The predicted molar refractivity (Wildman–Crippen MR) is 82.0 cm³/mol. The Morgan fingerprint density at radius 1 is 0.957 bits per heavy atom. The second-order valence-corrected chi connectivity index (χ2v) is 5.02. The van der Waals surface area contributed by atoms with E-state index in [1.807, 2.05) is 30.3 Å². The van der Waals surface area contributed by atoms with Gasteiger partial charge in [-0.2, -0.15) is 0 Å². The number of aliphatic hydroxyl groups is 2. The molecule has 1 aliphatic rings. The minimum absolute atomic E-state index is 0.144. The Morgan fingerprint density at radius 3 is 1.96 bits per heavy atom. The highest BCUT2D eigenvalue weighted by molar-refractivity contribution is 5.15. The summed E-state index contributed by atoms with van der Waals surface area (Å²) < 4.78 is 5.62. The van der Waals surface area contributed by atoms with E-state index < -0.39 is 30.4 Å². The van der Waals surface area contributed by atoms with Crippen LogP contribution in [0.25, 0.3) is 20.9 Å². The molecule has 0 amide bonds. The maximum Gasteiger partial charge on any atom is 0.111 e. The van der Waals surface area contributed by atoms with Crippen LogP contribution in [0.3, 0.4) is 0 Å². The molecule has 0 fully saturated rings. The van der Waals surface area contributed by atoms with Crippen molar-refractivity contribution in [3.8, 4) is 0 Å². The van der Waals surface area contributed by atoms with Gasteiger partial charge in [0.25, 0.3) is 0 Å². The third-order valence-electron chi connectivity index (χ3n) is 3.53. The zero-order valence-corrected chi connectivity index (χ0v) is 12.1. The molecule has 9 heteroatoms. The van der Waals surface area contributed by atoms with Crippen LogP contribution in [-0.2, 0) is 11.3 Å². The molecule has 5 atom stereocenters. The third kappa shape index (κ3) is 4.23. The lowest BCUT2D eigenvalue weighted by Gasteiger charge is -2.29. The normalized spacial score (nSPS) is 29.9. The molecule has 0 heterocycles. The molecule has 0 bridgehead atoms. The molecule has 9 nitrogen and oxygen atoms in total. The molecule has 0 aliphatic heterocycles. The van der Waals surface area contributed by atoms with E-state index >= 15 is 0 Å². The van der Waals surface area contributed by atoms with Gasteiger partial charge in [-0.05, 0) is 16.6 Å². The van der Waals surface area contributed by atoms with Gasteiger partial charge < -0.3 is 14.9 Å². The summed E-state index contributed by atoms with van der Waals surface area (Å²) in [6.45, 7) is 0.144. The number of aliphatic hydroxyl groups excluding tert-OH is 2. The number of nitrogens with zero attached hydrogens (tertiary/aromatic N) is 6. The minimum Gasteiger partial charge on any atom is -0.390 e. The first kappa shape index (κ1) is 16.8. The number of rotatable bonds is 5. The number of ether oxygens (including phenoxy) is 1. The SMILES string of the molecule is [N-]=[N+]=N[C@H]1C=C[C@@H](N=[N+]=[N-])[C@H](O)C(OCc2ccccc2)[C@@H]1O. The fourth-order valence-corrected chi connectivity index (χ4v) is 2.34. The average Bonchev–Trinajstić information content (AvgIpc) is 2.67. The standard InChI is InChI=1S/C14H16N6O3/c15-19-17-10-6-7-11(18-20-16)13(22)14(12(10)21)23-8-9-4-2-1-3-5-9/h1-7,10-14,21-22H,8H2/t10-,11+,12+,13-,14?. The smallest absolute Gasteiger partial charge is 0.111 e. The number of hydrogen-bond donors (Lipinski definition) is 2. The zero-order chi connectivity index (χ0) is 16.7. The highest BCUT2D eigenvalue weighted by atomic mass is 16.5. The van der Waals surface area contributed by atoms with E-state index in [1.165, 1.54) is 12.2 Å². The summed E-state index contributed by atoms with van der Waals surface area (Å²) >= 11 is 0. The largest absolute Gasteiger partial charge is 0.390 e. The van der Waals surface area contributed by atoms with Gasteiger partial charge in [0.15, 0.2) is 0 Å². The quantitative estimate of drug-likeness (QED) is 0.371. The summed E-state index contributed by atoms with van der Waals surface area (Å²) in [4.78, 5) is 5.35. The van der Waals surface area contributed by atoms with E-state index in [0.717, 1.165) is 5.56 Å². The average molecular weight is 316 g/mol. The summed E-state index contributed by atoms with van der Waals surface area (Å²) in [5.74, 6) is 0. The monoisotopic (exact) mass is 316 g/mol. The van der Waals surface area contributed by atoms with Gasteiger partial charge in [0.05, 0.1) is 30.9 Å². The van der Waals surface area contributed by atoms with E-state index in [9.17, 15) is 10.2 Å². The molecule has 1 aromatic carbocycles. The molecule has 2 rings (SSSR count). The molecule has 120 valence electrons. The third-order valence-corrected chi connectivity index (χ3v) is 3.53. The lowest BCUT2D eigenvalue weighted by molar-refractivity contribution is -0.109. The summed E-state index contributed by atoms with van der Waals surface area (Å²) in [5.41, 5.74) is 18.0. The molecule has 0 saturated heterocycles. The van der Waals surface area contributed by atoms with Crippen LogP contribution < -0.4 is 0 Å². The van der Waals surface area contributed by atoms with Crippen molar-refractivity contribution in [2.45, 2.75) is 37.0 Å². The zero-order valence-electron chi connectivity index (χ0n) is 12.1. The Morgan fingerprint density at radius 2 is 1.48 bits per heavy atom. The highest BCUT2D eigenvalue weighted by Crippen LogP contribution is 2.23. The van der Waals surface area contributed by atoms with Gasteiger partial charge in [0.1, 0.15) is 6.10 Å². The molecule has 1 unspecified atom stereocenters. The van der Waals surface area contributed by atoms with Gasteiger partial charge >= 0.3 is 0 Å². The van der Waals surface area contributed by atoms with Crippen molar-refractivity contribution in [2.75, 3.05) is 0 Å². The topological polar surface area (TPSA) is 147 Å². The van der Waals surface area contributed by atoms with Crippen molar-refractivity contribution in [1.29, 1.82) is 0 Å². The van der Waals surface area contributed by atoms with Crippen LogP contribution in [0.1, 0.15) is 5.56 Å². The first-order chi connectivity index (χ1) is 11.2. The Labute approximate surface area is 132 Å². The van der Waals surface area contributed by atoms with Crippen LogP contribution in [0.15, 0.2) is 52.7 Å². The molecular weight excluding hydrogens is 300 g/mol. The number of benzene rings is 1. The molecular formula is C14H16N6O3. The summed E-state index contributed by atoms with van der Waals surface area (Å²) in [5, 5.41) is 27.6. The molecule has 0 saturated carbocycles. The summed E-state index contributed by atoms with van der Waals surface area (Å²) in [6.07, 6.45) is -0.798. The van der Waals surface area contributed by atoms with Crippen molar-refractivity contribution >= 4 is 0 Å². The van der Waals surface area contributed by atoms with E-state index in [2.05, 4.69) is 20.1 Å². The van der Waals surface area contributed by atoms with Crippen LogP contribution in [-0.4, -0.2) is 40.6 Å². The number of hydrogen-bond acceptors (Lipinski definition) is 5. The second-order valence-electron chi connectivity index (χ2n) is 5.02. The molecule has 23 heavy (non-hydrogen) atoms. The Balaban J connectivity index is 2.21. The van der Waals surface area contributed by atoms with E-state index in [4.69, 9.17) is 15.8 Å². The van der Waals surface area contributed by atoms with Crippen LogP contribution >= 0.6 is 0 Å². The van der Waals surface area contributed by atoms with Crippen molar-refractivity contribution in [3.05, 3.63) is 68.9 Å². The van der Waals surface area contributed by atoms with Gasteiger partial charge in [-0.3, -0.25) is 0 Å². The molecule has 1 aliphatic carbocycles. The molecule has 1 aromatic rings. The van der Waals surface area contributed by atoms with Gasteiger partial charge in [-0.25, -0.2) is 0 Å². The maximum absolute atomic E-state index is 10.3. The summed E-state index contributed by atoms with van der Waals surface area (Å²) in [7, 11) is 0. The van der Waals surface area contributed by atoms with Gasteiger partial charge in [0.2, 0.25) is 0 Å². The van der Waals surface area contributed by atoms with Gasteiger partial charge in [-0.1, -0.05) is 52.7 Å². The first-order valence-electron chi connectivity index (χ1n) is 6.95. The van der Waals surface area contributed by atoms with E-state index in [-0.39, 0.29) is 6.61 Å². The predicted octanol–water partition coefficient (Wildman–Crippen LogP) is 2.22. The van der Waals surface area contributed by atoms with Crippen molar-refractivity contribution in [2.24, 2.45) is 10.2 Å². The second kappa shape index (κ2) is 8.19. The van der Waals surface area contributed by atoms with Crippen LogP contribution in [0.2, 0.25) is 0 Å². The Kier molecular flexibility index (Phi) is 5.99. The van der Waals surface area contributed by atoms with Crippen LogP contribution in [0.5, 0.6) is 0 Å². The van der Waals surface area contributed by atoms with E-state index in [0.29, 0.717) is 0 Å². The fourth-order valence-electron chi connectivity index (χ4n) is 2.34. The van der Waals surface area contributed by atoms with Crippen LogP contribution in [0, 0.1) is 0 Å². The van der Waals surface area contributed by atoms with Crippen LogP contribution in [0.4, 0.5) is 0 Å². The number of azide groups is 2. The van der Waals surface area contributed by atoms with Crippen molar-refractivity contribution < 1.29 is 14.9 Å². The van der Waals surface area contributed by atoms with Crippen molar-refractivity contribution in [1.82, 2.24) is 0 Å². The van der Waals surface area contributed by atoms with Gasteiger partial charge in [-0.15, -0.1) is 0 Å². The van der Waals surface area contributed by atoms with Gasteiger partial charge in [0, 0.05) is 9.82 Å². The lowest BCUT2D eigenvalue weighted by Crippen LogP contribution is -2.46. The van der Waals surface area contributed by atoms with Crippen molar-refractivity contribution in [3.63, 3.8) is 0 Å². The molecule has 0 spiro atoms. The first-order valence-corrected chi connectivity index (χ1v) is 6.95. The Bertz CT molecular complexity index is 605. The summed E-state index contributed by atoms with van der Waals surface area (Å²) in [6, 6.07) is 7.37. The molecule has 2 N–H and O–H groups in total. The lowest BCUT2D eigenvalue weighted by atomic mass is 10.0. The van der Waals surface area contributed by atoms with E-state index in [1.54, 1.807) is 0 Å². The molecule has 0 aromatic heterocycles. The highest BCUT2D eigenvalue weighted by Gasteiger charge is 2.38. The molecule has 0 radical (unpaired) electrons. The Hall–Kier alpha value is -2.54. The fraction of sp³-hybridized carbons (Fsp3) is 0.429. The maximum atomic E-state index is 10.3. The minimum atomic E-state index is -1.26.